The molecule has 1 saturated heterocycles. The molecule has 2 rings (SSSR count). The van der Waals surface area contributed by atoms with Crippen molar-refractivity contribution >= 4 is 0 Å². The zero-order chi connectivity index (χ0) is 10.7. The van der Waals surface area contributed by atoms with Gasteiger partial charge in [-0.2, -0.15) is 0 Å². The molecule has 2 fully saturated rings. The molecule has 0 bridgehead atoms. The lowest BCUT2D eigenvalue weighted by atomic mass is 10.00. The van der Waals surface area contributed by atoms with Crippen LogP contribution in [-0.4, -0.2) is 24.2 Å². The van der Waals surface area contributed by atoms with E-state index in [1.165, 1.54) is 44.9 Å². The van der Waals surface area contributed by atoms with Crippen molar-refractivity contribution in [2.24, 2.45) is 0 Å². The van der Waals surface area contributed by atoms with Gasteiger partial charge < -0.3 is 10.6 Å². The highest BCUT2D eigenvalue weighted by Gasteiger charge is 2.31. The number of nitrogens with one attached hydrogen (secondary N) is 2. The standard InChI is InChI=1S/C13H26N2/c1-13(2)9-12(10-14-13)15-11-7-5-3-4-6-8-11/h11-12,14-15H,3-10H2,1-2H3. The van der Waals surface area contributed by atoms with Crippen LogP contribution in [0.25, 0.3) is 0 Å². The molecule has 0 spiro atoms. The van der Waals surface area contributed by atoms with Gasteiger partial charge >= 0.3 is 0 Å². The van der Waals surface area contributed by atoms with Gasteiger partial charge in [0, 0.05) is 24.2 Å². The molecule has 1 aliphatic heterocycles. The summed E-state index contributed by atoms with van der Waals surface area (Å²) in [6.45, 7) is 5.77. The van der Waals surface area contributed by atoms with Crippen LogP contribution in [0, 0.1) is 0 Å². The van der Waals surface area contributed by atoms with Gasteiger partial charge in [0.05, 0.1) is 0 Å². The first-order valence-corrected chi connectivity index (χ1v) is 6.67. The first-order chi connectivity index (χ1) is 7.16. The average Bonchev–Trinajstić information content (AvgIpc) is 2.41. The van der Waals surface area contributed by atoms with E-state index < -0.39 is 0 Å². The molecule has 2 heteroatoms. The van der Waals surface area contributed by atoms with Crippen LogP contribution in [0.1, 0.15) is 58.8 Å². The summed E-state index contributed by atoms with van der Waals surface area (Å²) < 4.78 is 0. The Balaban J connectivity index is 1.76. The molecule has 15 heavy (non-hydrogen) atoms. The van der Waals surface area contributed by atoms with E-state index in [4.69, 9.17) is 0 Å². The van der Waals surface area contributed by atoms with Crippen LogP contribution in [0.3, 0.4) is 0 Å². The lowest BCUT2D eigenvalue weighted by Gasteiger charge is -2.22. The van der Waals surface area contributed by atoms with E-state index in [-0.39, 0.29) is 0 Å². The molecule has 0 aromatic carbocycles. The molecule has 2 nitrogen and oxygen atoms in total. The monoisotopic (exact) mass is 210 g/mol. The summed E-state index contributed by atoms with van der Waals surface area (Å²) in [6, 6.07) is 1.51. The SMILES string of the molecule is CC1(C)CC(NC2CCCCCC2)CN1. The summed E-state index contributed by atoms with van der Waals surface area (Å²) in [7, 11) is 0. The molecule has 88 valence electrons. The van der Waals surface area contributed by atoms with Crippen LogP contribution in [0.2, 0.25) is 0 Å². The van der Waals surface area contributed by atoms with E-state index in [0.29, 0.717) is 11.6 Å². The molecular weight excluding hydrogens is 184 g/mol. The van der Waals surface area contributed by atoms with Crippen molar-refractivity contribution < 1.29 is 0 Å². The minimum Gasteiger partial charge on any atom is -0.310 e. The highest BCUT2D eigenvalue weighted by molar-refractivity contribution is 4.94. The van der Waals surface area contributed by atoms with E-state index in [2.05, 4.69) is 24.5 Å². The van der Waals surface area contributed by atoms with Gasteiger partial charge in [0.1, 0.15) is 0 Å². The fourth-order valence-corrected chi connectivity index (χ4v) is 3.06. The predicted molar refractivity (Wildman–Crippen MR) is 65.1 cm³/mol. The molecule has 0 aromatic heterocycles. The third-order valence-corrected chi connectivity index (χ3v) is 3.91. The Hall–Kier alpha value is -0.0800. The van der Waals surface area contributed by atoms with Gasteiger partial charge in [-0.05, 0) is 33.1 Å². The Kier molecular flexibility index (Phi) is 3.68. The fourth-order valence-electron chi connectivity index (χ4n) is 3.06. The maximum Gasteiger partial charge on any atom is 0.0212 e. The van der Waals surface area contributed by atoms with Crippen LogP contribution >= 0.6 is 0 Å². The molecular formula is C13H26N2. The first-order valence-electron chi connectivity index (χ1n) is 6.67. The second-order valence-corrected chi connectivity index (χ2v) is 6.02. The van der Waals surface area contributed by atoms with Crippen LogP contribution in [0.5, 0.6) is 0 Å². The zero-order valence-electron chi connectivity index (χ0n) is 10.3. The Labute approximate surface area is 94.2 Å². The Morgan fingerprint density at radius 3 is 2.20 bits per heavy atom. The van der Waals surface area contributed by atoms with Gasteiger partial charge in [0.2, 0.25) is 0 Å². The lowest BCUT2D eigenvalue weighted by molar-refractivity contribution is 0.388. The molecule has 1 aliphatic carbocycles. The van der Waals surface area contributed by atoms with E-state index in [1.807, 2.05) is 0 Å². The molecule has 0 aromatic rings. The number of rotatable bonds is 2. The van der Waals surface area contributed by atoms with Gasteiger partial charge in [-0.3, -0.25) is 0 Å². The van der Waals surface area contributed by atoms with Crippen LogP contribution in [-0.2, 0) is 0 Å². The van der Waals surface area contributed by atoms with Crippen molar-refractivity contribution in [1.82, 2.24) is 10.6 Å². The number of hydrogen-bond acceptors (Lipinski definition) is 2. The molecule has 1 heterocycles. The quantitative estimate of drug-likeness (QED) is 0.684. The van der Waals surface area contributed by atoms with Gasteiger partial charge in [-0.15, -0.1) is 0 Å². The Morgan fingerprint density at radius 2 is 1.67 bits per heavy atom. The van der Waals surface area contributed by atoms with E-state index in [9.17, 15) is 0 Å². The molecule has 1 saturated carbocycles. The van der Waals surface area contributed by atoms with E-state index in [0.717, 1.165) is 12.6 Å². The largest absolute Gasteiger partial charge is 0.310 e. The lowest BCUT2D eigenvalue weighted by Crippen LogP contribution is -2.39. The maximum atomic E-state index is 3.85. The Bertz CT molecular complexity index is 190. The smallest absolute Gasteiger partial charge is 0.0212 e. The topological polar surface area (TPSA) is 24.1 Å². The van der Waals surface area contributed by atoms with Gasteiger partial charge in [0.25, 0.3) is 0 Å². The second kappa shape index (κ2) is 4.84. The molecule has 1 atom stereocenters. The minimum atomic E-state index is 0.350. The molecule has 2 aliphatic rings. The molecule has 0 radical (unpaired) electrons. The van der Waals surface area contributed by atoms with Crippen molar-refractivity contribution in [3.8, 4) is 0 Å². The summed E-state index contributed by atoms with van der Waals surface area (Å²) >= 11 is 0. The highest BCUT2D eigenvalue weighted by Crippen LogP contribution is 2.22. The predicted octanol–water partition coefficient (Wildman–Crippen LogP) is 2.44. The summed E-state index contributed by atoms with van der Waals surface area (Å²) in [5.74, 6) is 0. The second-order valence-electron chi connectivity index (χ2n) is 6.02. The first kappa shape index (κ1) is 11.4. The zero-order valence-corrected chi connectivity index (χ0v) is 10.3. The van der Waals surface area contributed by atoms with Crippen molar-refractivity contribution in [1.29, 1.82) is 0 Å². The van der Waals surface area contributed by atoms with Crippen LogP contribution in [0.4, 0.5) is 0 Å². The summed E-state index contributed by atoms with van der Waals surface area (Å²) in [4.78, 5) is 0. The molecule has 2 N–H and O–H groups in total. The van der Waals surface area contributed by atoms with Crippen molar-refractivity contribution in [3.63, 3.8) is 0 Å². The third kappa shape index (κ3) is 3.46. The normalized spacial score (nSPS) is 32.8. The summed E-state index contributed by atoms with van der Waals surface area (Å²) in [5.41, 5.74) is 0.350. The minimum absolute atomic E-state index is 0.350. The van der Waals surface area contributed by atoms with Crippen molar-refractivity contribution in [2.75, 3.05) is 6.54 Å². The fraction of sp³-hybridized carbons (Fsp3) is 1.00. The van der Waals surface area contributed by atoms with Crippen LogP contribution in [0.15, 0.2) is 0 Å². The Morgan fingerprint density at radius 1 is 1.00 bits per heavy atom. The maximum absolute atomic E-state index is 3.85. The molecule has 1 unspecified atom stereocenters. The van der Waals surface area contributed by atoms with Gasteiger partial charge in [0.15, 0.2) is 0 Å². The van der Waals surface area contributed by atoms with Gasteiger partial charge in [-0.1, -0.05) is 25.7 Å². The van der Waals surface area contributed by atoms with Crippen LogP contribution < -0.4 is 10.6 Å². The number of hydrogen-bond donors (Lipinski definition) is 2. The van der Waals surface area contributed by atoms with E-state index in [1.54, 1.807) is 0 Å². The van der Waals surface area contributed by atoms with Gasteiger partial charge in [-0.25, -0.2) is 0 Å². The average molecular weight is 210 g/mol. The summed E-state index contributed by atoms with van der Waals surface area (Å²) in [5, 5.41) is 7.44. The van der Waals surface area contributed by atoms with Crippen molar-refractivity contribution in [3.05, 3.63) is 0 Å². The third-order valence-electron chi connectivity index (χ3n) is 3.91. The highest BCUT2D eigenvalue weighted by atomic mass is 15.1. The molecule has 0 amide bonds. The van der Waals surface area contributed by atoms with Crippen molar-refractivity contribution in [2.45, 2.75) is 76.4 Å². The van der Waals surface area contributed by atoms with E-state index >= 15 is 0 Å². The summed E-state index contributed by atoms with van der Waals surface area (Å²) in [6.07, 6.45) is 9.85.